The van der Waals surface area contributed by atoms with Crippen molar-refractivity contribution >= 4 is 23.2 Å². The van der Waals surface area contributed by atoms with Crippen LogP contribution in [0, 0.1) is 0 Å². The fraction of sp³-hybridized carbons (Fsp3) is 0.500. The van der Waals surface area contributed by atoms with Crippen LogP contribution in [0.2, 0.25) is 0 Å². The van der Waals surface area contributed by atoms with Crippen molar-refractivity contribution in [2.24, 2.45) is 0 Å². The highest BCUT2D eigenvalue weighted by Gasteiger charge is 2.16. The number of nitrogens with one attached hydrogen (secondary N) is 1. The summed E-state index contributed by atoms with van der Waals surface area (Å²) in [7, 11) is 0. The van der Waals surface area contributed by atoms with Crippen molar-refractivity contribution < 1.29 is 9.53 Å². The molecule has 0 spiro atoms. The second-order valence-electron chi connectivity index (χ2n) is 4.68. The van der Waals surface area contributed by atoms with E-state index in [9.17, 15) is 4.79 Å². The predicted molar refractivity (Wildman–Crippen MR) is 76.6 cm³/mol. The van der Waals surface area contributed by atoms with Gasteiger partial charge in [-0.15, -0.1) is 11.6 Å². The number of alkyl halides is 1. The number of nitrogens with zero attached hydrogens (tertiary/aromatic N) is 1. The van der Waals surface area contributed by atoms with Crippen LogP contribution in [0.15, 0.2) is 24.3 Å². The number of halogens is 1. The number of hydrogen-bond acceptors (Lipinski definition) is 3. The number of hydrogen-bond donors (Lipinski definition) is 1. The third kappa shape index (κ3) is 4.49. The molecule has 1 aliphatic heterocycles. The van der Waals surface area contributed by atoms with E-state index in [1.54, 1.807) is 0 Å². The summed E-state index contributed by atoms with van der Waals surface area (Å²) in [5.74, 6) is -0.0662. The van der Waals surface area contributed by atoms with Crippen molar-refractivity contribution in [3.8, 4) is 0 Å². The van der Waals surface area contributed by atoms with E-state index in [-0.39, 0.29) is 11.3 Å². The van der Waals surface area contributed by atoms with Gasteiger partial charge in [-0.25, -0.2) is 0 Å². The largest absolute Gasteiger partial charge is 0.379 e. The van der Waals surface area contributed by atoms with Crippen LogP contribution >= 0.6 is 11.6 Å². The smallest absolute Gasteiger partial charge is 0.221 e. The van der Waals surface area contributed by atoms with Gasteiger partial charge in [0.05, 0.1) is 18.6 Å². The molecule has 5 heteroatoms. The average molecular weight is 283 g/mol. The first kappa shape index (κ1) is 14.3. The quantitative estimate of drug-likeness (QED) is 0.862. The molecule has 4 nitrogen and oxygen atoms in total. The third-order valence-corrected chi connectivity index (χ3v) is 3.50. The zero-order chi connectivity index (χ0) is 13.7. The molecule has 2 rings (SSSR count). The predicted octanol–water partition coefficient (Wildman–Crippen LogP) is 2.26. The summed E-state index contributed by atoms with van der Waals surface area (Å²) in [6, 6.07) is 7.68. The molecule has 1 aromatic rings. The third-order valence-electron chi connectivity index (χ3n) is 3.11. The van der Waals surface area contributed by atoms with E-state index < -0.39 is 0 Å². The zero-order valence-electron chi connectivity index (χ0n) is 11.1. The lowest BCUT2D eigenvalue weighted by molar-refractivity contribution is -0.114. The van der Waals surface area contributed by atoms with Gasteiger partial charge in [0.15, 0.2) is 0 Å². The summed E-state index contributed by atoms with van der Waals surface area (Å²) in [6.07, 6.45) is 0. The fourth-order valence-corrected chi connectivity index (χ4v) is 2.44. The Morgan fingerprint density at radius 1 is 1.37 bits per heavy atom. The van der Waals surface area contributed by atoms with Crippen LogP contribution in [0.1, 0.15) is 17.9 Å². The van der Waals surface area contributed by atoms with Crippen molar-refractivity contribution in [1.29, 1.82) is 0 Å². The highest BCUT2D eigenvalue weighted by molar-refractivity contribution is 6.21. The van der Waals surface area contributed by atoms with Gasteiger partial charge in [-0.2, -0.15) is 0 Å². The van der Waals surface area contributed by atoms with Gasteiger partial charge in [0, 0.05) is 32.2 Å². The second kappa shape index (κ2) is 6.89. The molecule has 1 heterocycles. The first-order valence-electron chi connectivity index (χ1n) is 6.47. The summed E-state index contributed by atoms with van der Waals surface area (Å²) >= 11 is 6.43. The van der Waals surface area contributed by atoms with Gasteiger partial charge in [0.1, 0.15) is 0 Å². The number of anilines is 1. The van der Waals surface area contributed by atoms with Gasteiger partial charge in [-0.1, -0.05) is 12.1 Å². The van der Waals surface area contributed by atoms with Crippen LogP contribution in [0.25, 0.3) is 0 Å². The van der Waals surface area contributed by atoms with Crippen molar-refractivity contribution in [3.63, 3.8) is 0 Å². The van der Waals surface area contributed by atoms with E-state index >= 15 is 0 Å². The van der Waals surface area contributed by atoms with Crippen molar-refractivity contribution in [2.45, 2.75) is 12.3 Å². The van der Waals surface area contributed by atoms with Gasteiger partial charge in [-0.3, -0.25) is 9.69 Å². The molecular weight excluding hydrogens is 264 g/mol. The molecule has 1 fully saturated rings. The Morgan fingerprint density at radius 2 is 2.00 bits per heavy atom. The van der Waals surface area contributed by atoms with Crippen LogP contribution in [0.3, 0.4) is 0 Å². The average Bonchev–Trinajstić information content (AvgIpc) is 2.40. The molecule has 1 amide bonds. The number of carbonyl (C=O) groups is 1. The Labute approximate surface area is 118 Å². The number of amides is 1. The number of carbonyl (C=O) groups excluding carboxylic acids is 1. The Bertz CT molecular complexity index is 416. The molecule has 0 bridgehead atoms. The molecule has 0 radical (unpaired) electrons. The van der Waals surface area contributed by atoms with Crippen molar-refractivity contribution in [2.75, 3.05) is 38.2 Å². The van der Waals surface area contributed by atoms with Gasteiger partial charge >= 0.3 is 0 Å². The number of morpholine rings is 1. The zero-order valence-corrected chi connectivity index (χ0v) is 11.8. The number of ether oxygens (including phenoxy) is 1. The van der Waals surface area contributed by atoms with E-state index in [4.69, 9.17) is 16.3 Å². The molecule has 104 valence electrons. The highest BCUT2D eigenvalue weighted by Crippen LogP contribution is 2.23. The molecule has 1 saturated heterocycles. The van der Waals surface area contributed by atoms with Crippen molar-refractivity contribution in [3.05, 3.63) is 29.8 Å². The van der Waals surface area contributed by atoms with E-state index in [1.165, 1.54) is 6.92 Å². The Kier molecular flexibility index (Phi) is 5.19. The lowest BCUT2D eigenvalue weighted by Crippen LogP contribution is -2.38. The van der Waals surface area contributed by atoms with E-state index in [0.29, 0.717) is 0 Å². The van der Waals surface area contributed by atoms with Gasteiger partial charge < -0.3 is 10.1 Å². The summed E-state index contributed by atoms with van der Waals surface area (Å²) in [4.78, 5) is 13.2. The first-order chi connectivity index (χ1) is 9.15. The lowest BCUT2D eigenvalue weighted by Gasteiger charge is -2.28. The highest BCUT2D eigenvalue weighted by atomic mass is 35.5. The molecule has 0 saturated carbocycles. The molecule has 1 aliphatic rings. The maximum absolute atomic E-state index is 10.9. The Hall–Kier alpha value is -1.10. The molecule has 1 aromatic carbocycles. The first-order valence-corrected chi connectivity index (χ1v) is 6.90. The topological polar surface area (TPSA) is 41.6 Å². The molecule has 1 unspecified atom stereocenters. The monoisotopic (exact) mass is 282 g/mol. The van der Waals surface area contributed by atoms with Crippen LogP contribution in [-0.2, 0) is 9.53 Å². The van der Waals surface area contributed by atoms with E-state index in [1.807, 2.05) is 24.3 Å². The van der Waals surface area contributed by atoms with Gasteiger partial charge in [0.2, 0.25) is 5.91 Å². The Morgan fingerprint density at radius 3 is 2.58 bits per heavy atom. The molecular formula is C14H19ClN2O2. The van der Waals surface area contributed by atoms with Crippen LogP contribution in [0.4, 0.5) is 5.69 Å². The molecule has 19 heavy (non-hydrogen) atoms. The van der Waals surface area contributed by atoms with Crippen LogP contribution in [-0.4, -0.2) is 43.7 Å². The molecule has 0 aromatic heterocycles. The molecule has 1 atom stereocenters. The number of benzene rings is 1. The van der Waals surface area contributed by atoms with Crippen LogP contribution < -0.4 is 5.32 Å². The molecule has 1 N–H and O–H groups in total. The summed E-state index contributed by atoms with van der Waals surface area (Å²) < 4.78 is 5.31. The van der Waals surface area contributed by atoms with Crippen LogP contribution in [0.5, 0.6) is 0 Å². The molecule has 0 aliphatic carbocycles. The minimum Gasteiger partial charge on any atom is -0.379 e. The minimum absolute atomic E-state index is 0.0375. The maximum atomic E-state index is 10.9. The van der Waals surface area contributed by atoms with Gasteiger partial charge in [0.25, 0.3) is 0 Å². The second-order valence-corrected chi connectivity index (χ2v) is 5.21. The number of rotatable bonds is 4. The normalized spacial score (nSPS) is 18.0. The fourth-order valence-electron chi connectivity index (χ4n) is 2.09. The summed E-state index contributed by atoms with van der Waals surface area (Å²) in [5, 5.41) is 2.71. The SMILES string of the molecule is CC(=O)Nc1ccc(C(Cl)CN2CCOCC2)cc1. The minimum atomic E-state index is -0.0662. The summed E-state index contributed by atoms with van der Waals surface area (Å²) in [5.41, 5.74) is 1.87. The Balaban J connectivity index is 1.91. The maximum Gasteiger partial charge on any atom is 0.221 e. The van der Waals surface area contributed by atoms with E-state index in [0.717, 1.165) is 44.1 Å². The van der Waals surface area contributed by atoms with E-state index in [2.05, 4.69) is 10.2 Å². The van der Waals surface area contributed by atoms with Gasteiger partial charge in [-0.05, 0) is 17.7 Å². The standard InChI is InChI=1S/C14H19ClN2O2/c1-11(18)16-13-4-2-12(3-5-13)14(15)10-17-6-8-19-9-7-17/h2-5,14H,6-10H2,1H3,(H,16,18). The van der Waals surface area contributed by atoms with Crippen molar-refractivity contribution in [1.82, 2.24) is 4.90 Å². The summed E-state index contributed by atoms with van der Waals surface area (Å²) in [6.45, 7) is 5.76. The lowest BCUT2D eigenvalue weighted by atomic mass is 10.1.